The number of fused-ring (bicyclic) bond motifs is 4. The zero-order valence-electron chi connectivity index (χ0n) is 16.7. The van der Waals surface area contributed by atoms with Gasteiger partial charge >= 0.3 is 0 Å². The summed E-state index contributed by atoms with van der Waals surface area (Å²) < 4.78 is 12.9. The zero-order valence-corrected chi connectivity index (χ0v) is 17.5. The molecule has 1 N–H and O–H groups in total. The van der Waals surface area contributed by atoms with E-state index in [-0.39, 0.29) is 24.1 Å². The lowest BCUT2D eigenvalue weighted by atomic mass is 9.89. The Morgan fingerprint density at radius 1 is 1.33 bits per heavy atom. The van der Waals surface area contributed by atoms with E-state index in [1.54, 1.807) is 11.3 Å². The number of para-hydroxylation sites is 2. The largest absolute Gasteiger partial charge is 0.486 e. The maximum Gasteiger partial charge on any atom is 0.262 e. The van der Waals surface area contributed by atoms with Crippen LogP contribution in [0.1, 0.15) is 23.8 Å². The molecule has 0 unspecified atom stereocenters. The first-order chi connectivity index (χ1) is 14.6. The normalized spacial score (nSPS) is 20.0. The number of carbonyl (C=O) groups is 1. The Morgan fingerprint density at radius 2 is 2.17 bits per heavy atom. The number of nitrogens with zero attached hydrogens (tertiary/aromatic N) is 2. The van der Waals surface area contributed by atoms with Gasteiger partial charge in [0.15, 0.2) is 11.5 Å². The molecule has 156 valence electrons. The first-order valence-corrected chi connectivity index (χ1v) is 11.0. The summed E-state index contributed by atoms with van der Waals surface area (Å²) in [5, 5.41) is 3.53. The van der Waals surface area contributed by atoms with E-state index in [0.29, 0.717) is 36.0 Å². The number of thiophene rings is 1. The van der Waals surface area contributed by atoms with Crippen molar-refractivity contribution in [1.29, 1.82) is 0 Å². The Hall–Kier alpha value is -2.87. The van der Waals surface area contributed by atoms with Crippen molar-refractivity contribution < 1.29 is 14.3 Å². The number of hydrogen-bond donors (Lipinski definition) is 1. The molecule has 1 aliphatic heterocycles. The monoisotopic (exact) mass is 425 g/mol. The average molecular weight is 426 g/mol. The third-order valence-corrected chi connectivity index (χ3v) is 6.85. The van der Waals surface area contributed by atoms with Crippen LogP contribution >= 0.6 is 11.3 Å². The molecule has 0 fully saturated rings. The van der Waals surface area contributed by atoms with Gasteiger partial charge in [0.2, 0.25) is 5.91 Å². The Bertz CT molecular complexity index is 1170. The summed E-state index contributed by atoms with van der Waals surface area (Å²) in [6, 6.07) is 7.45. The standard InChI is InChI=1S/C22H23N3O4S/c1-13-6-7-15-18(8-13)30-21-20(15)22(27)25(12-24-21)10-19(26)23-9-14-11-28-16-4-2-3-5-17(16)29-14/h2-5,12-14H,6-11H2,1H3,(H,23,26)/t13-,14+/m1/s1. The lowest BCUT2D eigenvalue weighted by Gasteiger charge is -2.26. The van der Waals surface area contributed by atoms with Gasteiger partial charge in [0.25, 0.3) is 5.56 Å². The number of aryl methyl sites for hydroxylation is 1. The van der Waals surface area contributed by atoms with Gasteiger partial charge in [0.1, 0.15) is 24.1 Å². The molecule has 2 aliphatic rings. The summed E-state index contributed by atoms with van der Waals surface area (Å²) in [7, 11) is 0. The summed E-state index contributed by atoms with van der Waals surface area (Å²) >= 11 is 1.61. The number of hydrogen-bond acceptors (Lipinski definition) is 6. The van der Waals surface area contributed by atoms with Gasteiger partial charge < -0.3 is 14.8 Å². The van der Waals surface area contributed by atoms with Crippen molar-refractivity contribution in [1.82, 2.24) is 14.9 Å². The van der Waals surface area contributed by atoms with Crippen molar-refractivity contribution in [3.05, 3.63) is 51.4 Å². The minimum atomic E-state index is -0.271. The van der Waals surface area contributed by atoms with E-state index in [0.717, 1.165) is 29.7 Å². The minimum absolute atomic E-state index is 0.0625. The fourth-order valence-corrected chi connectivity index (χ4v) is 5.42. The van der Waals surface area contributed by atoms with Gasteiger partial charge in [-0.15, -0.1) is 11.3 Å². The highest BCUT2D eigenvalue weighted by atomic mass is 32.1. The molecule has 7 nitrogen and oxygen atoms in total. The molecule has 2 atom stereocenters. The second-order valence-electron chi connectivity index (χ2n) is 8.01. The highest BCUT2D eigenvalue weighted by Gasteiger charge is 2.24. The maximum absolute atomic E-state index is 13.0. The number of amides is 1. The third-order valence-electron chi connectivity index (χ3n) is 5.69. The predicted molar refractivity (Wildman–Crippen MR) is 114 cm³/mol. The van der Waals surface area contributed by atoms with E-state index in [1.165, 1.54) is 15.8 Å². The molecule has 3 heterocycles. The third kappa shape index (κ3) is 3.56. The molecular formula is C22H23N3O4S. The molecule has 1 aliphatic carbocycles. The predicted octanol–water partition coefficient (Wildman–Crippen LogP) is 2.54. The van der Waals surface area contributed by atoms with Gasteiger partial charge in [-0.05, 0) is 42.9 Å². The van der Waals surface area contributed by atoms with Gasteiger partial charge in [-0.25, -0.2) is 4.98 Å². The molecular weight excluding hydrogens is 402 g/mol. The molecule has 0 spiro atoms. The van der Waals surface area contributed by atoms with Gasteiger partial charge in [-0.1, -0.05) is 19.1 Å². The van der Waals surface area contributed by atoms with Gasteiger partial charge in [-0.2, -0.15) is 0 Å². The zero-order chi connectivity index (χ0) is 20.7. The smallest absolute Gasteiger partial charge is 0.262 e. The van der Waals surface area contributed by atoms with Crippen LogP contribution in [0.3, 0.4) is 0 Å². The molecule has 5 rings (SSSR count). The number of benzene rings is 1. The Labute approximate surface area is 177 Å². The van der Waals surface area contributed by atoms with Crippen LogP contribution in [0.2, 0.25) is 0 Å². The van der Waals surface area contributed by atoms with Crippen LogP contribution < -0.4 is 20.3 Å². The number of aromatic nitrogens is 2. The summed E-state index contributed by atoms with van der Waals surface area (Å²) in [4.78, 5) is 32.0. The number of rotatable bonds is 4. The number of ether oxygens (including phenoxy) is 2. The second-order valence-corrected chi connectivity index (χ2v) is 9.09. The average Bonchev–Trinajstić information content (AvgIpc) is 3.12. The molecule has 1 aromatic carbocycles. The van der Waals surface area contributed by atoms with E-state index in [9.17, 15) is 9.59 Å². The summed E-state index contributed by atoms with van der Waals surface area (Å²) in [5.41, 5.74) is 1.00. The van der Waals surface area contributed by atoms with Gasteiger partial charge in [-0.3, -0.25) is 14.2 Å². The topological polar surface area (TPSA) is 82.5 Å². The summed E-state index contributed by atoms with van der Waals surface area (Å²) in [5.74, 6) is 1.76. The summed E-state index contributed by atoms with van der Waals surface area (Å²) in [6.45, 7) is 2.85. The van der Waals surface area contributed by atoms with Crippen LogP contribution in [0, 0.1) is 5.92 Å². The molecule has 3 aromatic rings. The maximum atomic E-state index is 13.0. The highest BCUT2D eigenvalue weighted by Crippen LogP contribution is 2.35. The van der Waals surface area contributed by atoms with Crippen molar-refractivity contribution in [2.75, 3.05) is 13.2 Å². The lowest BCUT2D eigenvalue weighted by Crippen LogP contribution is -2.42. The summed E-state index contributed by atoms with van der Waals surface area (Å²) in [6.07, 6.45) is 4.20. The van der Waals surface area contributed by atoms with Gasteiger partial charge in [0, 0.05) is 4.88 Å². The lowest BCUT2D eigenvalue weighted by molar-refractivity contribution is -0.122. The first kappa shape index (κ1) is 19.1. The van der Waals surface area contributed by atoms with Gasteiger partial charge in [0.05, 0.1) is 18.3 Å². The number of carbonyl (C=O) groups excluding carboxylic acids is 1. The molecule has 8 heteroatoms. The SMILES string of the molecule is C[C@@H]1CCc2c(sc3ncn(CC(=O)NC[C@H]4COc5ccccc5O4)c(=O)c23)C1. The van der Waals surface area contributed by atoms with Crippen molar-refractivity contribution in [3.63, 3.8) is 0 Å². The minimum Gasteiger partial charge on any atom is -0.486 e. The van der Waals surface area contributed by atoms with Crippen LogP contribution in [0.25, 0.3) is 10.2 Å². The Morgan fingerprint density at radius 3 is 3.03 bits per heavy atom. The van der Waals surface area contributed by atoms with E-state index >= 15 is 0 Å². The molecule has 0 bridgehead atoms. The van der Waals surface area contributed by atoms with Crippen molar-refractivity contribution in [2.24, 2.45) is 5.92 Å². The molecule has 2 aromatic heterocycles. The molecule has 30 heavy (non-hydrogen) atoms. The van der Waals surface area contributed by atoms with E-state index in [1.807, 2.05) is 24.3 Å². The van der Waals surface area contributed by atoms with Crippen molar-refractivity contribution in [2.45, 2.75) is 38.8 Å². The van der Waals surface area contributed by atoms with Crippen LogP contribution in [0.5, 0.6) is 11.5 Å². The van der Waals surface area contributed by atoms with Crippen LogP contribution in [0.15, 0.2) is 35.4 Å². The van der Waals surface area contributed by atoms with E-state index < -0.39 is 0 Å². The van der Waals surface area contributed by atoms with E-state index in [4.69, 9.17) is 9.47 Å². The molecule has 0 saturated heterocycles. The Kier molecular flexibility index (Phi) is 4.94. The van der Waals surface area contributed by atoms with Crippen LogP contribution in [-0.2, 0) is 24.2 Å². The second kappa shape index (κ2) is 7.75. The fraction of sp³-hybridized carbons (Fsp3) is 0.409. The van der Waals surface area contributed by atoms with Crippen molar-refractivity contribution in [3.8, 4) is 11.5 Å². The van der Waals surface area contributed by atoms with E-state index in [2.05, 4.69) is 17.2 Å². The van der Waals surface area contributed by atoms with Crippen LogP contribution in [0.4, 0.5) is 0 Å². The molecule has 0 radical (unpaired) electrons. The molecule has 0 saturated carbocycles. The quantitative estimate of drug-likeness (QED) is 0.695. The highest BCUT2D eigenvalue weighted by molar-refractivity contribution is 7.18. The fourth-order valence-electron chi connectivity index (χ4n) is 4.08. The number of nitrogens with one attached hydrogen (secondary N) is 1. The Balaban J connectivity index is 1.26. The van der Waals surface area contributed by atoms with Crippen molar-refractivity contribution >= 4 is 27.5 Å². The van der Waals surface area contributed by atoms with Crippen LogP contribution in [-0.4, -0.2) is 34.7 Å². The first-order valence-electron chi connectivity index (χ1n) is 10.2. The molecule has 1 amide bonds.